The van der Waals surface area contributed by atoms with Crippen molar-refractivity contribution in [2.24, 2.45) is 0 Å². The molecule has 0 amide bonds. The van der Waals surface area contributed by atoms with E-state index in [2.05, 4.69) is 9.97 Å². The molecule has 0 spiro atoms. The number of methoxy groups -OCH3 is 2. The summed E-state index contributed by atoms with van der Waals surface area (Å²) in [5, 5.41) is 0.491. The smallest absolute Gasteiger partial charge is 0.262 e. The van der Waals surface area contributed by atoms with Crippen LogP contribution in [0.25, 0.3) is 10.9 Å². The third kappa shape index (κ3) is 2.83. The SMILES string of the molecule is COc1cc2[nH]c(=S)n(Cc3ccncc3)c(=O)c2cc1OC. The molecular formula is C16H15N3O3S. The van der Waals surface area contributed by atoms with Crippen LogP contribution < -0.4 is 15.0 Å². The van der Waals surface area contributed by atoms with E-state index < -0.39 is 0 Å². The fraction of sp³-hybridized carbons (Fsp3) is 0.188. The maximum Gasteiger partial charge on any atom is 0.262 e. The molecule has 1 N–H and O–H groups in total. The zero-order valence-corrected chi connectivity index (χ0v) is 13.5. The lowest BCUT2D eigenvalue weighted by atomic mass is 10.2. The fourth-order valence-electron chi connectivity index (χ4n) is 2.39. The molecule has 0 aliphatic carbocycles. The van der Waals surface area contributed by atoms with Gasteiger partial charge in [-0.1, -0.05) is 0 Å². The van der Waals surface area contributed by atoms with Gasteiger partial charge in [0.1, 0.15) is 0 Å². The van der Waals surface area contributed by atoms with E-state index in [1.807, 2.05) is 12.1 Å². The fourth-order valence-corrected chi connectivity index (χ4v) is 2.65. The minimum Gasteiger partial charge on any atom is -0.493 e. The first-order valence-corrected chi connectivity index (χ1v) is 7.32. The van der Waals surface area contributed by atoms with Gasteiger partial charge in [-0.3, -0.25) is 14.3 Å². The minimum absolute atomic E-state index is 0.179. The summed E-state index contributed by atoms with van der Waals surface area (Å²) >= 11 is 5.33. The third-order valence-corrected chi connectivity index (χ3v) is 3.90. The van der Waals surface area contributed by atoms with E-state index in [1.165, 1.54) is 11.7 Å². The molecule has 6 nitrogen and oxygen atoms in total. The van der Waals surface area contributed by atoms with E-state index >= 15 is 0 Å². The monoisotopic (exact) mass is 329 g/mol. The van der Waals surface area contributed by atoms with Crippen LogP contribution >= 0.6 is 12.2 Å². The molecule has 23 heavy (non-hydrogen) atoms. The van der Waals surface area contributed by atoms with Gasteiger partial charge < -0.3 is 14.5 Å². The topological polar surface area (TPSA) is 69.1 Å². The number of rotatable bonds is 4. The van der Waals surface area contributed by atoms with Crippen LogP contribution in [0.1, 0.15) is 5.56 Å². The Balaban J connectivity index is 2.21. The van der Waals surface area contributed by atoms with E-state index in [-0.39, 0.29) is 5.56 Å². The zero-order chi connectivity index (χ0) is 16.4. The maximum atomic E-state index is 12.8. The van der Waals surface area contributed by atoms with Crippen molar-refractivity contribution >= 4 is 23.1 Å². The van der Waals surface area contributed by atoms with Gasteiger partial charge in [0.2, 0.25) is 0 Å². The molecule has 0 unspecified atom stereocenters. The first kappa shape index (κ1) is 15.2. The predicted octanol–water partition coefficient (Wildman–Crippen LogP) is 2.52. The van der Waals surface area contributed by atoms with Crippen LogP contribution in [-0.4, -0.2) is 28.8 Å². The van der Waals surface area contributed by atoms with Crippen LogP contribution in [0.2, 0.25) is 0 Å². The minimum atomic E-state index is -0.179. The highest BCUT2D eigenvalue weighted by Crippen LogP contribution is 2.29. The number of benzene rings is 1. The van der Waals surface area contributed by atoms with Crippen molar-refractivity contribution in [2.75, 3.05) is 14.2 Å². The van der Waals surface area contributed by atoms with Crippen LogP contribution in [0.3, 0.4) is 0 Å². The summed E-state index contributed by atoms with van der Waals surface area (Å²) in [7, 11) is 3.08. The number of H-pyrrole nitrogens is 1. The van der Waals surface area contributed by atoms with Gasteiger partial charge in [-0.25, -0.2) is 0 Å². The predicted molar refractivity (Wildman–Crippen MR) is 89.8 cm³/mol. The number of hydrogen-bond donors (Lipinski definition) is 1. The molecule has 3 rings (SSSR count). The van der Waals surface area contributed by atoms with E-state index in [4.69, 9.17) is 21.7 Å². The third-order valence-electron chi connectivity index (χ3n) is 3.58. The largest absolute Gasteiger partial charge is 0.493 e. The number of pyridine rings is 1. The molecule has 0 fully saturated rings. The molecule has 0 saturated carbocycles. The molecule has 7 heteroatoms. The van der Waals surface area contributed by atoms with Crippen molar-refractivity contribution in [1.29, 1.82) is 0 Å². The Morgan fingerprint density at radius 2 is 1.83 bits per heavy atom. The average molecular weight is 329 g/mol. The molecule has 0 atom stereocenters. The molecular weight excluding hydrogens is 314 g/mol. The lowest BCUT2D eigenvalue weighted by Crippen LogP contribution is -2.22. The Kier molecular flexibility index (Phi) is 4.12. The van der Waals surface area contributed by atoms with Crippen LogP contribution in [0, 0.1) is 4.77 Å². The van der Waals surface area contributed by atoms with Gasteiger partial charge in [0.05, 0.1) is 31.7 Å². The Labute approximate surface area is 137 Å². The second-order valence-corrected chi connectivity index (χ2v) is 5.32. The Morgan fingerprint density at radius 3 is 2.48 bits per heavy atom. The summed E-state index contributed by atoms with van der Waals surface area (Å²) < 4.78 is 12.4. The van der Waals surface area contributed by atoms with Gasteiger partial charge in [-0.05, 0) is 36.0 Å². The van der Waals surface area contributed by atoms with Crippen molar-refractivity contribution in [3.8, 4) is 11.5 Å². The summed E-state index contributed by atoms with van der Waals surface area (Å²) in [6.45, 7) is 0.376. The molecule has 0 aliphatic heterocycles. The molecule has 1 aromatic carbocycles. The van der Waals surface area contributed by atoms with E-state index in [0.717, 1.165) is 5.56 Å². The van der Waals surface area contributed by atoms with Gasteiger partial charge in [-0.15, -0.1) is 0 Å². The normalized spacial score (nSPS) is 10.7. The number of fused-ring (bicyclic) bond motifs is 1. The summed E-state index contributed by atoms with van der Waals surface area (Å²) in [6.07, 6.45) is 3.37. The second kappa shape index (κ2) is 6.21. The molecule has 0 bridgehead atoms. The van der Waals surface area contributed by atoms with Crippen LogP contribution in [-0.2, 0) is 6.54 Å². The Bertz CT molecular complexity index is 964. The first-order valence-electron chi connectivity index (χ1n) is 6.92. The highest BCUT2D eigenvalue weighted by Gasteiger charge is 2.11. The van der Waals surface area contributed by atoms with E-state index in [1.54, 1.807) is 31.6 Å². The van der Waals surface area contributed by atoms with Crippen molar-refractivity contribution in [3.05, 3.63) is 57.3 Å². The van der Waals surface area contributed by atoms with Gasteiger partial charge in [-0.2, -0.15) is 0 Å². The molecule has 3 aromatic rings. The summed E-state index contributed by atoms with van der Waals surface area (Å²) in [4.78, 5) is 19.8. The number of ether oxygens (including phenoxy) is 2. The van der Waals surface area contributed by atoms with Crippen LogP contribution in [0.4, 0.5) is 0 Å². The van der Waals surface area contributed by atoms with Gasteiger partial charge in [0, 0.05) is 18.5 Å². The quantitative estimate of drug-likeness (QED) is 0.745. The highest BCUT2D eigenvalue weighted by atomic mass is 32.1. The van der Waals surface area contributed by atoms with Crippen molar-refractivity contribution in [1.82, 2.24) is 14.5 Å². The second-order valence-electron chi connectivity index (χ2n) is 4.93. The standard InChI is InChI=1S/C16H15N3O3S/c1-21-13-7-11-12(8-14(13)22-2)18-16(23)19(15(11)20)9-10-3-5-17-6-4-10/h3-8H,9H2,1-2H3,(H,18,23). The maximum absolute atomic E-state index is 12.8. The summed E-state index contributed by atoms with van der Waals surface area (Å²) in [6, 6.07) is 7.06. The zero-order valence-electron chi connectivity index (χ0n) is 12.7. The lowest BCUT2D eigenvalue weighted by molar-refractivity contribution is 0.355. The van der Waals surface area contributed by atoms with E-state index in [0.29, 0.717) is 33.7 Å². The number of nitrogens with zero attached hydrogens (tertiary/aromatic N) is 2. The van der Waals surface area contributed by atoms with Crippen molar-refractivity contribution < 1.29 is 9.47 Å². The highest BCUT2D eigenvalue weighted by molar-refractivity contribution is 7.71. The summed E-state index contributed by atoms with van der Waals surface area (Å²) in [5.74, 6) is 1.04. The Morgan fingerprint density at radius 1 is 1.17 bits per heavy atom. The summed E-state index contributed by atoms with van der Waals surface area (Å²) in [5.41, 5.74) is 1.38. The molecule has 2 heterocycles. The van der Waals surface area contributed by atoms with Gasteiger partial charge in [0.25, 0.3) is 5.56 Å². The van der Waals surface area contributed by atoms with Gasteiger partial charge in [0.15, 0.2) is 16.3 Å². The first-order chi connectivity index (χ1) is 11.1. The van der Waals surface area contributed by atoms with Crippen molar-refractivity contribution in [2.45, 2.75) is 6.54 Å². The van der Waals surface area contributed by atoms with Crippen LogP contribution in [0.15, 0.2) is 41.5 Å². The number of hydrogen-bond acceptors (Lipinski definition) is 5. The number of aromatic amines is 1. The van der Waals surface area contributed by atoms with E-state index in [9.17, 15) is 4.79 Å². The number of aromatic nitrogens is 3. The number of nitrogens with one attached hydrogen (secondary N) is 1. The average Bonchev–Trinajstić information content (AvgIpc) is 2.58. The van der Waals surface area contributed by atoms with Crippen LogP contribution in [0.5, 0.6) is 11.5 Å². The van der Waals surface area contributed by atoms with Crippen molar-refractivity contribution in [3.63, 3.8) is 0 Å². The molecule has 118 valence electrons. The molecule has 0 radical (unpaired) electrons. The lowest BCUT2D eigenvalue weighted by Gasteiger charge is -2.11. The molecule has 2 aromatic heterocycles. The molecule has 0 saturated heterocycles. The van der Waals surface area contributed by atoms with Gasteiger partial charge >= 0.3 is 0 Å². The molecule has 0 aliphatic rings. The Hall–Kier alpha value is -2.67.